The van der Waals surface area contributed by atoms with Gasteiger partial charge in [0.15, 0.2) is 5.78 Å². The van der Waals surface area contributed by atoms with Gasteiger partial charge in [-0.05, 0) is 36.8 Å². The number of thioether (sulfide) groups is 1. The van der Waals surface area contributed by atoms with Crippen molar-refractivity contribution >= 4 is 49.4 Å². The lowest BCUT2D eigenvalue weighted by atomic mass is 10.1. The number of carbonyl (C=O) groups excluding carboxylic acids is 1. The summed E-state index contributed by atoms with van der Waals surface area (Å²) in [6.45, 7) is 0. The molecule has 0 aliphatic carbocycles. The normalized spacial score (nSPS) is 20.5. The van der Waals surface area contributed by atoms with E-state index in [1.807, 2.05) is 18.2 Å². The summed E-state index contributed by atoms with van der Waals surface area (Å²) in [5.41, 5.74) is 0.795. The van der Waals surface area contributed by atoms with Gasteiger partial charge in [-0.25, -0.2) is 0 Å². The molecule has 0 bridgehead atoms. The van der Waals surface area contributed by atoms with Crippen molar-refractivity contribution in [2.75, 3.05) is 5.75 Å². The molecule has 1 fully saturated rings. The van der Waals surface area contributed by atoms with Gasteiger partial charge >= 0.3 is 0 Å². The standard InChI is InChI=1S/C11H10Br2OS/c12-7-3-4-9(13)8(6-7)11(14)10-2-1-5-15-10/h3-4,6,10H,1-2,5H2. The highest BCUT2D eigenvalue weighted by Gasteiger charge is 2.25. The van der Waals surface area contributed by atoms with Gasteiger partial charge in [0.05, 0.1) is 5.25 Å². The molecule has 1 aliphatic heterocycles. The number of Topliss-reactive ketones (excluding diaryl/α,β-unsaturated/α-hetero) is 1. The molecule has 1 heterocycles. The highest BCUT2D eigenvalue weighted by Crippen LogP contribution is 2.32. The topological polar surface area (TPSA) is 17.1 Å². The maximum atomic E-state index is 12.1. The van der Waals surface area contributed by atoms with E-state index in [1.54, 1.807) is 11.8 Å². The third-order valence-corrected chi connectivity index (χ3v) is 4.98. The zero-order valence-corrected chi connectivity index (χ0v) is 12.0. The quantitative estimate of drug-likeness (QED) is 0.741. The number of hydrogen-bond donors (Lipinski definition) is 0. The minimum atomic E-state index is 0.163. The Kier molecular flexibility index (Phi) is 3.91. The minimum absolute atomic E-state index is 0.163. The molecule has 80 valence electrons. The third kappa shape index (κ3) is 2.66. The number of halogens is 2. The molecule has 0 amide bonds. The van der Waals surface area contributed by atoms with Crippen LogP contribution in [0.15, 0.2) is 27.1 Å². The lowest BCUT2D eigenvalue weighted by Gasteiger charge is -2.09. The Morgan fingerprint density at radius 1 is 1.40 bits per heavy atom. The van der Waals surface area contributed by atoms with Gasteiger partial charge in [0.1, 0.15) is 0 Å². The van der Waals surface area contributed by atoms with E-state index in [-0.39, 0.29) is 11.0 Å². The number of rotatable bonds is 2. The maximum Gasteiger partial charge on any atom is 0.176 e. The fourth-order valence-electron chi connectivity index (χ4n) is 1.64. The Bertz CT molecular complexity index is 386. The van der Waals surface area contributed by atoms with Crippen LogP contribution in [0.1, 0.15) is 23.2 Å². The Labute approximate surface area is 110 Å². The molecule has 1 aromatic rings. The van der Waals surface area contributed by atoms with Gasteiger partial charge in [0.25, 0.3) is 0 Å². The molecule has 0 aromatic heterocycles. The third-order valence-electron chi connectivity index (χ3n) is 2.42. The molecule has 15 heavy (non-hydrogen) atoms. The predicted molar refractivity (Wildman–Crippen MR) is 71.7 cm³/mol. The molecule has 2 rings (SSSR count). The van der Waals surface area contributed by atoms with Crippen LogP contribution in [-0.4, -0.2) is 16.8 Å². The molecule has 0 saturated carbocycles. The second kappa shape index (κ2) is 5.02. The van der Waals surface area contributed by atoms with E-state index in [2.05, 4.69) is 31.9 Å². The van der Waals surface area contributed by atoms with E-state index in [1.165, 1.54) is 0 Å². The Morgan fingerprint density at radius 3 is 2.87 bits per heavy atom. The van der Waals surface area contributed by atoms with Crippen LogP contribution in [0.2, 0.25) is 0 Å². The molecule has 1 aromatic carbocycles. The number of carbonyl (C=O) groups is 1. The SMILES string of the molecule is O=C(c1cc(Br)ccc1Br)C1CCCS1. The zero-order valence-electron chi connectivity index (χ0n) is 8.00. The van der Waals surface area contributed by atoms with Crippen molar-refractivity contribution in [3.05, 3.63) is 32.7 Å². The Balaban J connectivity index is 2.27. The van der Waals surface area contributed by atoms with E-state index < -0.39 is 0 Å². The fraction of sp³-hybridized carbons (Fsp3) is 0.364. The number of benzene rings is 1. The fourth-order valence-corrected chi connectivity index (χ4v) is 3.68. The van der Waals surface area contributed by atoms with Crippen molar-refractivity contribution in [1.82, 2.24) is 0 Å². The van der Waals surface area contributed by atoms with Gasteiger partial charge in [-0.15, -0.1) is 0 Å². The molecule has 1 nitrogen and oxygen atoms in total. The van der Waals surface area contributed by atoms with E-state index in [9.17, 15) is 4.79 Å². The molecule has 1 aliphatic rings. The van der Waals surface area contributed by atoms with Crippen molar-refractivity contribution < 1.29 is 4.79 Å². The highest BCUT2D eigenvalue weighted by atomic mass is 79.9. The van der Waals surface area contributed by atoms with Gasteiger partial charge < -0.3 is 0 Å². The van der Waals surface area contributed by atoms with E-state index in [4.69, 9.17) is 0 Å². The molecular weight excluding hydrogens is 340 g/mol. The van der Waals surface area contributed by atoms with Crippen molar-refractivity contribution in [2.24, 2.45) is 0 Å². The van der Waals surface area contributed by atoms with E-state index >= 15 is 0 Å². The summed E-state index contributed by atoms with van der Waals surface area (Å²) in [6, 6.07) is 5.74. The van der Waals surface area contributed by atoms with Gasteiger partial charge in [0.2, 0.25) is 0 Å². The summed E-state index contributed by atoms with van der Waals surface area (Å²) in [5, 5.41) is 0.163. The second-order valence-electron chi connectivity index (χ2n) is 3.49. The average molecular weight is 350 g/mol. The molecule has 0 radical (unpaired) electrons. The van der Waals surface area contributed by atoms with Crippen LogP contribution in [0, 0.1) is 0 Å². The predicted octanol–water partition coefficient (Wildman–Crippen LogP) is 4.29. The Morgan fingerprint density at radius 2 is 2.20 bits per heavy atom. The minimum Gasteiger partial charge on any atom is -0.293 e. The lowest BCUT2D eigenvalue weighted by Crippen LogP contribution is -2.14. The summed E-state index contributed by atoms with van der Waals surface area (Å²) >= 11 is 8.59. The maximum absolute atomic E-state index is 12.1. The van der Waals surface area contributed by atoms with Crippen LogP contribution in [0.4, 0.5) is 0 Å². The van der Waals surface area contributed by atoms with Gasteiger partial charge in [-0.3, -0.25) is 4.79 Å². The first kappa shape index (κ1) is 11.7. The number of hydrogen-bond acceptors (Lipinski definition) is 2. The first-order chi connectivity index (χ1) is 7.18. The molecule has 1 atom stereocenters. The van der Waals surface area contributed by atoms with Crippen LogP contribution in [0.25, 0.3) is 0 Å². The molecule has 1 saturated heterocycles. The molecule has 0 N–H and O–H groups in total. The monoisotopic (exact) mass is 348 g/mol. The summed E-state index contributed by atoms with van der Waals surface area (Å²) in [4.78, 5) is 12.1. The molecule has 4 heteroatoms. The van der Waals surface area contributed by atoms with Crippen LogP contribution < -0.4 is 0 Å². The smallest absolute Gasteiger partial charge is 0.176 e. The second-order valence-corrected chi connectivity index (χ2v) is 6.57. The molecule has 0 spiro atoms. The summed E-state index contributed by atoms with van der Waals surface area (Å²) in [6.07, 6.45) is 2.18. The van der Waals surface area contributed by atoms with Gasteiger partial charge in [0, 0.05) is 14.5 Å². The first-order valence-corrected chi connectivity index (χ1v) is 7.43. The Hall–Kier alpha value is 0.200. The van der Waals surface area contributed by atoms with Crippen molar-refractivity contribution in [1.29, 1.82) is 0 Å². The van der Waals surface area contributed by atoms with Crippen LogP contribution >= 0.6 is 43.6 Å². The lowest BCUT2D eigenvalue weighted by molar-refractivity contribution is 0.0987. The summed E-state index contributed by atoms with van der Waals surface area (Å²) < 4.78 is 1.85. The average Bonchev–Trinajstić information content (AvgIpc) is 2.74. The largest absolute Gasteiger partial charge is 0.293 e. The van der Waals surface area contributed by atoms with Gasteiger partial charge in [-0.1, -0.05) is 31.9 Å². The first-order valence-electron chi connectivity index (χ1n) is 4.79. The molecule has 1 unspecified atom stereocenters. The molecular formula is C11H10Br2OS. The van der Waals surface area contributed by atoms with Crippen LogP contribution in [0.3, 0.4) is 0 Å². The zero-order chi connectivity index (χ0) is 10.8. The van der Waals surface area contributed by atoms with Gasteiger partial charge in [-0.2, -0.15) is 11.8 Å². The highest BCUT2D eigenvalue weighted by molar-refractivity contribution is 9.11. The van der Waals surface area contributed by atoms with Crippen LogP contribution in [-0.2, 0) is 0 Å². The van der Waals surface area contributed by atoms with Crippen molar-refractivity contribution in [3.63, 3.8) is 0 Å². The van der Waals surface area contributed by atoms with Crippen LogP contribution in [0.5, 0.6) is 0 Å². The van der Waals surface area contributed by atoms with Crippen molar-refractivity contribution in [3.8, 4) is 0 Å². The van der Waals surface area contributed by atoms with E-state index in [0.717, 1.165) is 33.1 Å². The number of ketones is 1. The van der Waals surface area contributed by atoms with E-state index in [0.29, 0.717) is 0 Å². The van der Waals surface area contributed by atoms with Crippen molar-refractivity contribution in [2.45, 2.75) is 18.1 Å². The summed E-state index contributed by atoms with van der Waals surface area (Å²) in [5.74, 6) is 1.37. The summed E-state index contributed by atoms with van der Waals surface area (Å²) in [7, 11) is 0.